The van der Waals surface area contributed by atoms with Gasteiger partial charge >= 0.3 is 0 Å². The Kier molecular flexibility index (Phi) is 4.02. The van der Waals surface area contributed by atoms with Crippen molar-refractivity contribution in [1.82, 2.24) is 4.98 Å². The predicted molar refractivity (Wildman–Crippen MR) is 85.6 cm³/mol. The molecule has 1 aromatic heterocycles. The number of hydrogen-bond acceptors (Lipinski definition) is 3. The molecule has 1 fully saturated rings. The van der Waals surface area contributed by atoms with E-state index in [0.717, 1.165) is 16.9 Å². The van der Waals surface area contributed by atoms with Crippen LogP contribution in [0.25, 0.3) is 10.2 Å². The van der Waals surface area contributed by atoms with E-state index in [0.29, 0.717) is 17.9 Å². The van der Waals surface area contributed by atoms with E-state index in [2.05, 4.69) is 44.0 Å². The second-order valence-corrected chi connectivity index (χ2v) is 7.45. The molecule has 0 amide bonds. The molecule has 1 saturated heterocycles. The highest BCUT2D eigenvalue weighted by atomic mass is 35.5. The summed E-state index contributed by atoms with van der Waals surface area (Å²) in [5.74, 6) is 0.903. The van der Waals surface area contributed by atoms with Gasteiger partial charge in [0.1, 0.15) is 0 Å². The molecule has 2 heterocycles. The van der Waals surface area contributed by atoms with Gasteiger partial charge in [-0.05, 0) is 31.9 Å². The molecule has 0 N–H and O–H groups in total. The fourth-order valence-electron chi connectivity index (χ4n) is 3.23. The van der Waals surface area contributed by atoms with E-state index in [1.807, 2.05) is 6.07 Å². The summed E-state index contributed by atoms with van der Waals surface area (Å²) in [6.07, 6.45) is 1.36. The Morgan fingerprint density at radius 1 is 1.25 bits per heavy atom. The van der Waals surface area contributed by atoms with Crippen molar-refractivity contribution in [2.24, 2.45) is 11.8 Å². The summed E-state index contributed by atoms with van der Waals surface area (Å²) in [5, 5.41) is 1.22. The van der Waals surface area contributed by atoms with Crippen LogP contribution in [0.15, 0.2) is 24.3 Å². The minimum absolute atomic E-state index is 0.0884. The fraction of sp³-hybridized carbons (Fsp3) is 0.562. The third-order valence-electron chi connectivity index (χ3n) is 4.44. The fourth-order valence-corrected chi connectivity index (χ4v) is 4.92. The van der Waals surface area contributed by atoms with Gasteiger partial charge in [-0.2, -0.15) is 0 Å². The monoisotopic (exact) mass is 309 g/mol. The van der Waals surface area contributed by atoms with Gasteiger partial charge in [-0.15, -0.1) is 22.9 Å². The number of ether oxygens (including phenoxy) is 1. The van der Waals surface area contributed by atoms with Crippen molar-refractivity contribution in [1.29, 1.82) is 0 Å². The lowest BCUT2D eigenvalue weighted by molar-refractivity contribution is 0.0508. The number of para-hydroxylation sites is 1. The smallest absolute Gasteiger partial charge is 0.0953 e. The third-order valence-corrected chi connectivity index (χ3v) is 5.95. The van der Waals surface area contributed by atoms with Gasteiger partial charge in [0.25, 0.3) is 0 Å². The Hall–Kier alpha value is -0.640. The molecular weight excluding hydrogens is 290 g/mol. The third kappa shape index (κ3) is 2.59. The molecule has 20 heavy (non-hydrogen) atoms. The van der Waals surface area contributed by atoms with Crippen molar-refractivity contribution in [2.45, 2.75) is 44.8 Å². The first-order valence-corrected chi connectivity index (χ1v) is 8.45. The molecule has 0 saturated carbocycles. The summed E-state index contributed by atoms with van der Waals surface area (Å²) >= 11 is 8.44. The quantitative estimate of drug-likeness (QED) is 0.778. The average molecular weight is 310 g/mol. The van der Waals surface area contributed by atoms with E-state index in [4.69, 9.17) is 16.3 Å². The summed E-state index contributed by atoms with van der Waals surface area (Å²) in [4.78, 5) is 4.69. The number of halogens is 1. The number of aromatic nitrogens is 1. The van der Waals surface area contributed by atoms with Crippen molar-refractivity contribution in [3.05, 3.63) is 29.3 Å². The molecule has 4 heteroatoms. The highest BCUT2D eigenvalue weighted by Crippen LogP contribution is 2.38. The molecule has 0 aliphatic carbocycles. The van der Waals surface area contributed by atoms with Crippen molar-refractivity contribution in [3.8, 4) is 0 Å². The summed E-state index contributed by atoms with van der Waals surface area (Å²) in [7, 11) is 0. The van der Waals surface area contributed by atoms with Crippen LogP contribution in [0.3, 0.4) is 0 Å². The van der Waals surface area contributed by atoms with Crippen molar-refractivity contribution in [2.75, 3.05) is 0 Å². The zero-order valence-corrected chi connectivity index (χ0v) is 13.6. The molecular formula is C16H20ClNOS. The first-order chi connectivity index (χ1) is 9.56. The van der Waals surface area contributed by atoms with E-state index in [1.54, 1.807) is 11.3 Å². The first-order valence-electron chi connectivity index (χ1n) is 7.20. The van der Waals surface area contributed by atoms with E-state index in [-0.39, 0.29) is 11.5 Å². The van der Waals surface area contributed by atoms with Gasteiger partial charge in [-0.1, -0.05) is 19.1 Å². The molecule has 1 aliphatic heterocycles. The Balaban J connectivity index is 1.76. The molecule has 5 unspecified atom stereocenters. The minimum atomic E-state index is 0.0884. The normalized spacial score (nSPS) is 31.8. The Bertz CT molecular complexity index is 566. The number of hydrogen-bond donors (Lipinski definition) is 0. The zero-order chi connectivity index (χ0) is 14.3. The zero-order valence-electron chi connectivity index (χ0n) is 12.0. The van der Waals surface area contributed by atoms with Gasteiger partial charge < -0.3 is 4.74 Å². The number of benzene rings is 1. The van der Waals surface area contributed by atoms with Crippen LogP contribution in [-0.2, 0) is 11.2 Å². The molecule has 2 aromatic rings. The number of nitrogens with zero attached hydrogens (tertiary/aromatic N) is 1. The molecule has 1 aromatic carbocycles. The first kappa shape index (κ1) is 14.3. The number of rotatable bonds is 3. The van der Waals surface area contributed by atoms with Gasteiger partial charge in [0.2, 0.25) is 0 Å². The second kappa shape index (κ2) is 5.63. The lowest BCUT2D eigenvalue weighted by Gasteiger charge is -2.23. The maximum atomic E-state index is 6.69. The number of thiazole rings is 1. The molecule has 108 valence electrons. The van der Waals surface area contributed by atoms with Gasteiger partial charge in [-0.25, -0.2) is 4.98 Å². The highest BCUT2D eigenvalue weighted by Gasteiger charge is 2.41. The van der Waals surface area contributed by atoms with E-state index in [1.165, 1.54) is 4.70 Å². The predicted octanol–water partition coefficient (Wildman–Crippen LogP) is 4.51. The topological polar surface area (TPSA) is 22.1 Å². The molecule has 2 nitrogen and oxygen atoms in total. The van der Waals surface area contributed by atoms with Crippen molar-refractivity contribution in [3.63, 3.8) is 0 Å². The number of alkyl halides is 1. The Morgan fingerprint density at radius 2 is 2.00 bits per heavy atom. The average Bonchev–Trinajstić information content (AvgIpc) is 2.90. The SMILES string of the molecule is CC1OC(C)C(C(Cl)Cc2nc3ccccc3s2)C1C. The summed E-state index contributed by atoms with van der Waals surface area (Å²) in [5.41, 5.74) is 1.08. The summed E-state index contributed by atoms with van der Waals surface area (Å²) in [6.45, 7) is 6.52. The van der Waals surface area contributed by atoms with Crippen LogP contribution in [0.4, 0.5) is 0 Å². The number of fused-ring (bicyclic) bond motifs is 1. The standard InChI is InChI=1S/C16H20ClNOS/c1-9-10(2)19-11(3)16(9)12(17)8-15-18-13-6-4-5-7-14(13)20-15/h4-7,9-12,16H,8H2,1-3H3. The van der Waals surface area contributed by atoms with Crippen LogP contribution in [-0.4, -0.2) is 22.6 Å². The van der Waals surface area contributed by atoms with Gasteiger partial charge in [0, 0.05) is 17.7 Å². The van der Waals surface area contributed by atoms with Crippen molar-refractivity contribution >= 4 is 33.2 Å². The molecule has 0 radical (unpaired) electrons. The molecule has 0 bridgehead atoms. The van der Waals surface area contributed by atoms with Crippen LogP contribution < -0.4 is 0 Å². The maximum Gasteiger partial charge on any atom is 0.0953 e. The molecule has 5 atom stereocenters. The van der Waals surface area contributed by atoms with Crippen molar-refractivity contribution < 1.29 is 4.74 Å². The summed E-state index contributed by atoms with van der Waals surface area (Å²) in [6, 6.07) is 8.26. The van der Waals surface area contributed by atoms with Gasteiger partial charge in [0.05, 0.1) is 27.4 Å². The van der Waals surface area contributed by atoms with Gasteiger partial charge in [-0.3, -0.25) is 0 Å². The lowest BCUT2D eigenvalue weighted by Crippen LogP contribution is -2.28. The molecule has 0 spiro atoms. The molecule has 1 aliphatic rings. The van der Waals surface area contributed by atoms with E-state index in [9.17, 15) is 0 Å². The van der Waals surface area contributed by atoms with Crippen LogP contribution in [0, 0.1) is 11.8 Å². The Labute approximate surface area is 129 Å². The van der Waals surface area contributed by atoms with Crippen LogP contribution in [0.2, 0.25) is 0 Å². The van der Waals surface area contributed by atoms with Crippen LogP contribution in [0.5, 0.6) is 0 Å². The van der Waals surface area contributed by atoms with E-state index < -0.39 is 0 Å². The largest absolute Gasteiger partial charge is 0.375 e. The Morgan fingerprint density at radius 3 is 2.65 bits per heavy atom. The van der Waals surface area contributed by atoms with Crippen LogP contribution >= 0.6 is 22.9 Å². The van der Waals surface area contributed by atoms with E-state index >= 15 is 0 Å². The second-order valence-electron chi connectivity index (χ2n) is 5.78. The highest BCUT2D eigenvalue weighted by molar-refractivity contribution is 7.18. The molecule has 3 rings (SSSR count). The van der Waals surface area contributed by atoms with Crippen LogP contribution in [0.1, 0.15) is 25.8 Å². The van der Waals surface area contributed by atoms with Gasteiger partial charge in [0.15, 0.2) is 0 Å². The minimum Gasteiger partial charge on any atom is -0.375 e. The maximum absolute atomic E-state index is 6.69. The lowest BCUT2D eigenvalue weighted by atomic mass is 9.85. The summed E-state index contributed by atoms with van der Waals surface area (Å²) < 4.78 is 7.14.